The van der Waals surface area contributed by atoms with Crippen molar-refractivity contribution >= 4 is 23.4 Å². The number of alkyl halides is 9. The van der Waals surface area contributed by atoms with E-state index in [9.17, 15) is 58.7 Å². The summed E-state index contributed by atoms with van der Waals surface area (Å²) in [6.45, 7) is 0.327. The number of Topliss-reactive ketones (excluding diaryl/α,β-unsaturated/α-hetero) is 2. The van der Waals surface area contributed by atoms with Gasteiger partial charge in [-0.3, -0.25) is 38.1 Å². The number of carbonyl (C=O) groups is 4. The third-order valence-electron chi connectivity index (χ3n) is 10.7. The van der Waals surface area contributed by atoms with E-state index >= 15 is 0 Å². The summed E-state index contributed by atoms with van der Waals surface area (Å²) in [5.41, 5.74) is 8.25. The van der Waals surface area contributed by atoms with Crippen molar-refractivity contribution in [2.75, 3.05) is 7.15 Å². The van der Waals surface area contributed by atoms with E-state index in [1.54, 1.807) is 55.0 Å². The van der Waals surface area contributed by atoms with Gasteiger partial charge in [-0.25, -0.2) is 22.9 Å². The summed E-state index contributed by atoms with van der Waals surface area (Å²) >= 11 is 0. The third kappa shape index (κ3) is 24.4. The number of carboxylic acid groups (broad SMARTS) is 1. The molecule has 23 nitrogen and oxygen atoms in total. The first-order chi connectivity index (χ1) is 40.0. The Bertz CT molecular complexity index is 3300. The molecule has 2 unspecified atom stereocenters. The molecule has 6 heterocycles. The normalized spacial score (nSPS) is 12.0. The predicted octanol–water partition coefficient (Wildman–Crippen LogP) is 6.25. The third-order valence-corrected chi connectivity index (χ3v) is 10.7. The number of nitrogens with two attached hydrogens (primary N) is 1. The van der Waals surface area contributed by atoms with Crippen molar-refractivity contribution in [1.82, 2.24) is 75.3 Å². The maximum Gasteiger partial charge on any atom is 0.573 e. The molecule has 0 aliphatic rings. The van der Waals surface area contributed by atoms with Crippen molar-refractivity contribution < 1.29 is 74.6 Å². The highest BCUT2D eigenvalue weighted by atomic mass is 19.4. The van der Waals surface area contributed by atoms with Gasteiger partial charge in [0, 0.05) is 88.0 Å². The van der Waals surface area contributed by atoms with Crippen LogP contribution < -0.4 is 20.5 Å². The molecule has 0 saturated carbocycles. The standard InChI is InChI=1S/C25H24F4N8O3.C17H18FN7O3.C8H8F3NO.CH3F/c26-18(14-37-15-20(32-34-37)12-21(38)11-19-5-1-2-8-30-19)7-9-36-16-23(33-35-36)24(39)31-13-17-4-3-6-22(10-17)40-25(27,28)29;18-12(4-6-24-11-16(17(27)28)21-23-24)9-25-10-14(20-22-25)8-15(26)7-13-3-1-2-5-19-13;9-8(10,11)13-7-3-1-2-6(4-7)5-12;1-2/h1-6,8,10,15-16,18H,7,9,11-14H2,(H,31,39);1-3,5,10-12H,4,6-9H2,(H,27,28);1-4H,5,12H2;1H3/i;;;1D. The Labute approximate surface area is 467 Å². The van der Waals surface area contributed by atoms with Crippen LogP contribution in [0, 0.1) is 0 Å². The van der Waals surface area contributed by atoms with Crippen LogP contribution in [-0.2, 0) is 74.5 Å². The maximum atomic E-state index is 14.6. The van der Waals surface area contributed by atoms with Crippen molar-refractivity contribution in [2.45, 2.75) is 103 Å². The molecule has 2 aromatic carbocycles. The molecule has 0 saturated heterocycles. The Balaban J connectivity index is 0.000000252. The molecule has 32 heteroatoms. The number of ether oxygens (including phenoxy) is 2. The number of ketones is 2. The topological polar surface area (TPSA) is 294 Å². The number of amides is 1. The fraction of sp³-hybridized carbons (Fsp3) is 0.333. The second-order valence-electron chi connectivity index (χ2n) is 17.4. The summed E-state index contributed by atoms with van der Waals surface area (Å²) in [5, 5.41) is 41.5. The number of hydrogen-bond acceptors (Lipinski definition) is 17. The van der Waals surface area contributed by atoms with Crippen molar-refractivity contribution in [3.05, 3.63) is 167 Å². The average Bonchev–Trinajstić information content (AvgIpc) is 4.32. The molecule has 0 radical (unpaired) electrons. The van der Waals surface area contributed by atoms with Crippen LogP contribution in [0.15, 0.2) is 122 Å². The second kappa shape index (κ2) is 32.1. The molecule has 8 rings (SSSR count). The van der Waals surface area contributed by atoms with Gasteiger partial charge in [-0.2, -0.15) is 0 Å². The van der Waals surface area contributed by atoms with E-state index in [-0.39, 0.29) is 106 Å². The first-order valence-corrected chi connectivity index (χ1v) is 24.5. The minimum Gasteiger partial charge on any atom is -0.476 e. The quantitative estimate of drug-likeness (QED) is 0.0533. The fourth-order valence-electron chi connectivity index (χ4n) is 7.10. The lowest BCUT2D eigenvalue weighted by atomic mass is 10.1. The Morgan fingerprint density at radius 2 is 1.04 bits per heavy atom. The van der Waals surface area contributed by atoms with Crippen LogP contribution in [0.5, 0.6) is 11.5 Å². The zero-order chi connectivity index (χ0) is 61.1. The summed E-state index contributed by atoms with van der Waals surface area (Å²) in [6, 6.07) is 21.5. The number of nitrogens with zero attached hydrogens (tertiary/aromatic N) is 14. The average molecular weight is 1170 g/mol. The maximum absolute atomic E-state index is 14.6. The summed E-state index contributed by atoms with van der Waals surface area (Å²) in [5.74, 6) is -2.56. The summed E-state index contributed by atoms with van der Waals surface area (Å²) in [7, 11) is -1.00. The molecule has 0 spiro atoms. The SMILES string of the molecule is NCc1cccc(OC(F)(F)F)c1.O=C(Cc1ccccn1)Cc1cn(CC(F)CCn2cc(C(=O)NCc3cccc(OC(F)(F)F)c3)nn2)nn1.O=C(Cc1ccccn1)Cc1cn(CC(F)CCn2cc(C(=O)O)nn2)nn1.[2H]CF. The van der Waals surface area contributed by atoms with Crippen LogP contribution in [-0.4, -0.2) is 131 Å². The number of aryl methyl sites for hydroxylation is 2. The Kier molecular flexibility index (Phi) is 24.2. The minimum atomic E-state index is -4.82. The first-order valence-electron chi connectivity index (χ1n) is 25.2. The Morgan fingerprint density at radius 3 is 1.47 bits per heavy atom. The molecule has 0 aliphatic carbocycles. The molecular weight excluding hydrogens is 1120 g/mol. The van der Waals surface area contributed by atoms with Crippen molar-refractivity contribution in [1.29, 1.82) is 0 Å². The first kappa shape index (κ1) is 62.7. The smallest absolute Gasteiger partial charge is 0.476 e. The molecule has 2 atom stereocenters. The Hall–Kier alpha value is -9.49. The number of nitrogens with one attached hydrogen (secondary N) is 1. The van der Waals surface area contributed by atoms with Gasteiger partial charge in [-0.1, -0.05) is 57.3 Å². The molecule has 0 fully saturated rings. The number of rotatable bonds is 25. The van der Waals surface area contributed by atoms with Gasteiger partial charge in [0.15, 0.2) is 11.4 Å². The number of carbonyl (C=O) groups excluding carboxylic acids is 3. The van der Waals surface area contributed by atoms with Crippen molar-refractivity contribution in [3.63, 3.8) is 0 Å². The number of aromatic nitrogens is 14. The van der Waals surface area contributed by atoms with E-state index in [1.807, 2.05) is 6.07 Å². The van der Waals surface area contributed by atoms with E-state index < -0.39 is 49.8 Å². The number of halogens is 9. The van der Waals surface area contributed by atoms with Gasteiger partial charge in [0.05, 0.1) is 58.2 Å². The van der Waals surface area contributed by atoms with Gasteiger partial charge in [0.25, 0.3) is 5.91 Å². The van der Waals surface area contributed by atoms with E-state index in [0.29, 0.717) is 33.9 Å². The highest BCUT2D eigenvalue weighted by Gasteiger charge is 2.32. The summed E-state index contributed by atoms with van der Waals surface area (Å²) < 4.78 is 129. The number of hydrogen-bond donors (Lipinski definition) is 3. The van der Waals surface area contributed by atoms with Crippen molar-refractivity contribution in [3.8, 4) is 11.5 Å². The van der Waals surface area contributed by atoms with E-state index in [4.69, 9.17) is 12.2 Å². The van der Waals surface area contributed by atoms with Crippen LogP contribution in [0.25, 0.3) is 0 Å². The van der Waals surface area contributed by atoms with Crippen LogP contribution in [0.2, 0.25) is 0 Å². The number of pyridine rings is 2. The molecule has 0 aliphatic heterocycles. The number of benzene rings is 2. The molecule has 442 valence electrons. The van der Waals surface area contributed by atoms with Gasteiger partial charge < -0.3 is 25.6 Å². The van der Waals surface area contributed by atoms with Gasteiger partial charge in [-0.15, -0.1) is 46.7 Å². The molecule has 0 bridgehead atoms. The van der Waals surface area contributed by atoms with E-state index in [2.05, 4.69) is 66.0 Å². The lowest BCUT2D eigenvalue weighted by molar-refractivity contribution is -0.275. The molecule has 83 heavy (non-hydrogen) atoms. The zero-order valence-electron chi connectivity index (χ0n) is 44.5. The number of carboxylic acids is 1. The summed E-state index contributed by atoms with van der Waals surface area (Å²) in [6.07, 6.45) is -2.45. The highest BCUT2D eigenvalue weighted by molar-refractivity contribution is 5.91. The molecular formula is C51H53F9N16O7. The fourth-order valence-corrected chi connectivity index (χ4v) is 7.10. The molecule has 4 N–H and O–H groups in total. The van der Waals surface area contributed by atoms with Crippen LogP contribution in [0.1, 0.15) is 69.1 Å². The zero-order valence-corrected chi connectivity index (χ0v) is 43.5. The predicted molar refractivity (Wildman–Crippen MR) is 272 cm³/mol. The molecule has 6 aromatic heterocycles. The largest absolute Gasteiger partial charge is 0.573 e. The van der Waals surface area contributed by atoms with Gasteiger partial charge in [0.2, 0.25) is 0 Å². The van der Waals surface area contributed by atoms with Crippen LogP contribution in [0.3, 0.4) is 0 Å². The van der Waals surface area contributed by atoms with E-state index in [0.717, 1.165) is 12.1 Å². The van der Waals surface area contributed by atoms with Gasteiger partial charge in [0.1, 0.15) is 35.4 Å². The lowest BCUT2D eigenvalue weighted by Gasteiger charge is -2.10. The van der Waals surface area contributed by atoms with Gasteiger partial charge in [-0.05, 0) is 59.7 Å². The second-order valence-corrected chi connectivity index (χ2v) is 17.4. The summed E-state index contributed by atoms with van der Waals surface area (Å²) in [4.78, 5) is 55.6. The minimum absolute atomic E-state index is 0.0259. The number of aromatic carboxylic acids is 1. The van der Waals surface area contributed by atoms with Gasteiger partial charge >= 0.3 is 18.7 Å². The Morgan fingerprint density at radius 1 is 0.602 bits per heavy atom. The lowest BCUT2D eigenvalue weighted by Crippen LogP contribution is -2.23. The van der Waals surface area contributed by atoms with E-state index in [1.165, 1.54) is 67.6 Å². The monoisotopic (exact) mass is 1170 g/mol. The highest BCUT2D eigenvalue weighted by Crippen LogP contribution is 2.24. The molecule has 8 aromatic rings. The van der Waals surface area contributed by atoms with Crippen LogP contribution >= 0.6 is 0 Å². The van der Waals surface area contributed by atoms with Crippen LogP contribution in [0.4, 0.5) is 39.5 Å². The molecule has 1 amide bonds. The van der Waals surface area contributed by atoms with Crippen molar-refractivity contribution in [2.24, 2.45) is 5.73 Å².